The number of amides is 1. The lowest BCUT2D eigenvalue weighted by Gasteiger charge is -2.37. The maximum absolute atomic E-state index is 12.5. The van der Waals surface area contributed by atoms with Crippen molar-refractivity contribution in [2.75, 3.05) is 0 Å². The zero-order valence-corrected chi connectivity index (χ0v) is 10.7. The highest BCUT2D eigenvalue weighted by atomic mass is 35.5. The first-order valence-electron chi connectivity index (χ1n) is 6.27. The van der Waals surface area contributed by atoms with Gasteiger partial charge in [-0.2, -0.15) is 0 Å². The summed E-state index contributed by atoms with van der Waals surface area (Å²) in [5.74, 6) is -0.0486. The summed E-state index contributed by atoms with van der Waals surface area (Å²) in [5.41, 5.74) is 0.465. The van der Waals surface area contributed by atoms with Crippen LogP contribution in [0.3, 0.4) is 0 Å². The van der Waals surface area contributed by atoms with Crippen LogP contribution in [-0.2, 0) is 0 Å². The molecule has 2 unspecified atom stereocenters. The number of aliphatic hydroxyl groups is 1. The molecule has 3 heterocycles. The lowest BCUT2D eigenvalue weighted by Crippen LogP contribution is -2.48. The van der Waals surface area contributed by atoms with Crippen LogP contribution in [0.2, 0.25) is 5.02 Å². The van der Waals surface area contributed by atoms with Crippen molar-refractivity contribution in [1.29, 1.82) is 0 Å². The second kappa shape index (κ2) is 4.52. The van der Waals surface area contributed by atoms with E-state index in [4.69, 9.17) is 11.6 Å². The number of nitrogens with zero attached hydrogens (tertiary/aromatic N) is 2. The Balaban J connectivity index is 1.88. The Morgan fingerprint density at radius 2 is 2.06 bits per heavy atom. The lowest BCUT2D eigenvalue weighted by molar-refractivity contribution is 0.0287. The number of piperidine rings is 1. The zero-order valence-electron chi connectivity index (χ0n) is 9.92. The van der Waals surface area contributed by atoms with E-state index in [1.807, 2.05) is 4.90 Å². The average molecular weight is 267 g/mol. The van der Waals surface area contributed by atoms with Gasteiger partial charge in [-0.3, -0.25) is 9.78 Å². The first-order chi connectivity index (χ1) is 8.66. The Bertz CT molecular complexity index is 466. The summed E-state index contributed by atoms with van der Waals surface area (Å²) < 4.78 is 0. The minimum Gasteiger partial charge on any atom is -0.393 e. The molecule has 1 aromatic heterocycles. The van der Waals surface area contributed by atoms with E-state index in [1.165, 1.54) is 6.20 Å². The van der Waals surface area contributed by atoms with Crippen LogP contribution in [0.1, 0.15) is 36.0 Å². The number of fused-ring (bicyclic) bond motifs is 2. The minimum absolute atomic E-state index is 0.0486. The molecular formula is C13H15ClN2O2. The number of halogens is 1. The minimum atomic E-state index is -0.268. The average Bonchev–Trinajstić information content (AvgIpc) is 2.61. The molecule has 4 nitrogen and oxygen atoms in total. The fourth-order valence-electron chi connectivity index (χ4n) is 3.15. The van der Waals surface area contributed by atoms with E-state index in [2.05, 4.69) is 4.98 Å². The van der Waals surface area contributed by atoms with Gasteiger partial charge in [-0.1, -0.05) is 11.6 Å². The van der Waals surface area contributed by atoms with Crippen molar-refractivity contribution >= 4 is 17.5 Å². The van der Waals surface area contributed by atoms with E-state index in [9.17, 15) is 9.90 Å². The van der Waals surface area contributed by atoms with Gasteiger partial charge < -0.3 is 10.0 Å². The molecule has 2 aliphatic rings. The molecule has 1 N–H and O–H groups in total. The van der Waals surface area contributed by atoms with Gasteiger partial charge in [0.15, 0.2) is 0 Å². The molecule has 1 aromatic rings. The Morgan fingerprint density at radius 1 is 1.39 bits per heavy atom. The summed E-state index contributed by atoms with van der Waals surface area (Å²) in [6, 6.07) is 1.94. The third-order valence-corrected chi connectivity index (χ3v) is 4.27. The highest BCUT2D eigenvalue weighted by molar-refractivity contribution is 6.33. The topological polar surface area (TPSA) is 53.4 Å². The van der Waals surface area contributed by atoms with Gasteiger partial charge >= 0.3 is 0 Å². The summed E-state index contributed by atoms with van der Waals surface area (Å²) in [4.78, 5) is 18.4. The van der Waals surface area contributed by atoms with Crippen molar-refractivity contribution in [3.63, 3.8) is 0 Å². The third-order valence-electron chi connectivity index (χ3n) is 3.94. The largest absolute Gasteiger partial charge is 0.393 e. The van der Waals surface area contributed by atoms with Gasteiger partial charge in [-0.25, -0.2) is 0 Å². The highest BCUT2D eigenvalue weighted by Gasteiger charge is 2.43. The van der Waals surface area contributed by atoms with Crippen LogP contribution >= 0.6 is 11.6 Å². The van der Waals surface area contributed by atoms with Gasteiger partial charge in [0.2, 0.25) is 0 Å². The first kappa shape index (κ1) is 11.9. The predicted octanol–water partition coefficient (Wildman–Crippen LogP) is 1.86. The highest BCUT2D eigenvalue weighted by Crippen LogP contribution is 2.37. The van der Waals surface area contributed by atoms with Crippen LogP contribution < -0.4 is 0 Å². The van der Waals surface area contributed by atoms with Gasteiger partial charge in [0.1, 0.15) is 0 Å². The van der Waals surface area contributed by atoms with E-state index in [0.29, 0.717) is 23.4 Å². The molecule has 2 atom stereocenters. The molecule has 96 valence electrons. The Morgan fingerprint density at radius 3 is 2.67 bits per heavy atom. The zero-order chi connectivity index (χ0) is 12.7. The molecule has 2 saturated heterocycles. The quantitative estimate of drug-likeness (QED) is 0.844. The van der Waals surface area contributed by atoms with Crippen LogP contribution in [0.4, 0.5) is 0 Å². The molecule has 0 saturated carbocycles. The van der Waals surface area contributed by atoms with E-state index < -0.39 is 0 Å². The number of hydrogen-bond donors (Lipinski definition) is 1. The number of hydrogen-bond acceptors (Lipinski definition) is 3. The fourth-order valence-corrected chi connectivity index (χ4v) is 3.34. The molecule has 3 rings (SSSR count). The van der Waals surface area contributed by atoms with E-state index in [1.54, 1.807) is 12.3 Å². The predicted molar refractivity (Wildman–Crippen MR) is 67.5 cm³/mol. The monoisotopic (exact) mass is 266 g/mol. The van der Waals surface area contributed by atoms with E-state index in [0.717, 1.165) is 12.8 Å². The van der Waals surface area contributed by atoms with Crippen LogP contribution in [0.25, 0.3) is 0 Å². The normalized spacial score (nSPS) is 30.6. The van der Waals surface area contributed by atoms with E-state index >= 15 is 0 Å². The number of aliphatic hydroxyl groups excluding tert-OH is 1. The summed E-state index contributed by atoms with van der Waals surface area (Å²) in [6.45, 7) is 0. The second-order valence-corrected chi connectivity index (χ2v) is 5.49. The van der Waals surface area contributed by atoms with Gasteiger partial charge in [-0.15, -0.1) is 0 Å². The number of aromatic nitrogens is 1. The molecule has 2 bridgehead atoms. The maximum Gasteiger partial charge on any atom is 0.257 e. The maximum atomic E-state index is 12.5. The molecule has 0 spiro atoms. The summed E-state index contributed by atoms with van der Waals surface area (Å²) in [6.07, 6.45) is 6.15. The van der Waals surface area contributed by atoms with Crippen LogP contribution in [-0.4, -0.2) is 39.1 Å². The summed E-state index contributed by atoms with van der Waals surface area (Å²) in [7, 11) is 0. The molecule has 18 heavy (non-hydrogen) atoms. The van der Waals surface area contributed by atoms with Gasteiger partial charge in [0.25, 0.3) is 5.91 Å². The fraction of sp³-hybridized carbons (Fsp3) is 0.538. The lowest BCUT2D eigenvalue weighted by atomic mass is 9.99. The van der Waals surface area contributed by atoms with Crippen molar-refractivity contribution in [1.82, 2.24) is 9.88 Å². The molecule has 2 fully saturated rings. The van der Waals surface area contributed by atoms with Gasteiger partial charge in [0, 0.05) is 24.5 Å². The molecule has 0 radical (unpaired) electrons. The van der Waals surface area contributed by atoms with Crippen LogP contribution in [0.5, 0.6) is 0 Å². The van der Waals surface area contributed by atoms with Gasteiger partial charge in [0.05, 0.1) is 16.7 Å². The summed E-state index contributed by atoms with van der Waals surface area (Å²) >= 11 is 6.05. The standard InChI is InChI=1S/C13H15ClN2O2/c14-12-3-4-15-7-11(12)13(18)16-8-1-2-9(16)6-10(17)5-8/h3-4,7-10,17H,1-2,5-6H2. The van der Waals surface area contributed by atoms with Crippen LogP contribution in [0, 0.1) is 0 Å². The van der Waals surface area contributed by atoms with Crippen molar-refractivity contribution in [2.24, 2.45) is 0 Å². The smallest absolute Gasteiger partial charge is 0.257 e. The Hall–Kier alpha value is -1.13. The molecule has 0 aromatic carbocycles. The summed E-state index contributed by atoms with van der Waals surface area (Å²) in [5, 5.41) is 10.2. The molecule has 0 aliphatic carbocycles. The Labute approximate surface area is 111 Å². The number of pyridine rings is 1. The number of carbonyl (C=O) groups excluding carboxylic acids is 1. The van der Waals surface area contributed by atoms with Crippen molar-refractivity contribution < 1.29 is 9.90 Å². The molecular weight excluding hydrogens is 252 g/mol. The second-order valence-electron chi connectivity index (χ2n) is 5.08. The Kier molecular flexibility index (Phi) is 2.99. The van der Waals surface area contributed by atoms with Crippen LogP contribution in [0.15, 0.2) is 18.5 Å². The number of rotatable bonds is 1. The first-order valence-corrected chi connectivity index (χ1v) is 6.65. The van der Waals surface area contributed by atoms with E-state index in [-0.39, 0.29) is 24.1 Å². The SMILES string of the molecule is O=C(c1cnccc1Cl)N1C2CCC1CC(O)C2. The van der Waals surface area contributed by atoms with Crippen molar-refractivity contribution in [3.05, 3.63) is 29.0 Å². The molecule has 5 heteroatoms. The number of carbonyl (C=O) groups is 1. The third kappa shape index (κ3) is 1.89. The van der Waals surface area contributed by atoms with Crippen molar-refractivity contribution in [3.8, 4) is 0 Å². The van der Waals surface area contributed by atoms with Crippen molar-refractivity contribution in [2.45, 2.75) is 43.9 Å². The molecule has 1 amide bonds. The van der Waals surface area contributed by atoms with Gasteiger partial charge in [-0.05, 0) is 31.7 Å². The molecule has 2 aliphatic heterocycles.